The molecule has 2 aromatic rings. The topological polar surface area (TPSA) is 34.1 Å². The minimum atomic E-state index is -1.47. The summed E-state index contributed by atoms with van der Waals surface area (Å²) in [7, 11) is -2.93. The fourth-order valence-corrected chi connectivity index (χ4v) is 4.07. The molecular weight excluding hydrogens is 288 g/mol. The second-order valence-electron chi connectivity index (χ2n) is 4.54. The van der Waals surface area contributed by atoms with Gasteiger partial charge in [-0.3, -0.25) is 0 Å². The Hall–Kier alpha value is -1.52. The molecule has 0 saturated heterocycles. The first-order chi connectivity index (χ1) is 9.49. The maximum Gasteiger partial charge on any atom is 0.105 e. The van der Waals surface area contributed by atoms with Crippen molar-refractivity contribution in [1.82, 2.24) is 0 Å². The Morgan fingerprint density at radius 2 is 1.05 bits per heavy atom. The number of hydrogen-bond donors (Lipinski definition) is 0. The van der Waals surface area contributed by atoms with Crippen molar-refractivity contribution in [2.45, 2.75) is 23.6 Å². The summed E-state index contributed by atoms with van der Waals surface area (Å²) in [6, 6.07) is 14.7. The quantitative estimate of drug-likeness (QED) is 0.863. The van der Waals surface area contributed by atoms with Crippen LogP contribution in [0.4, 0.5) is 0 Å². The molecule has 0 radical (unpaired) electrons. The fourth-order valence-electron chi connectivity index (χ4n) is 1.66. The molecule has 2 rings (SSSR count). The van der Waals surface area contributed by atoms with Crippen LogP contribution in [0.1, 0.15) is 11.1 Å². The molecule has 2 atom stereocenters. The van der Waals surface area contributed by atoms with Crippen molar-refractivity contribution in [3.8, 4) is 0 Å². The van der Waals surface area contributed by atoms with E-state index in [1.54, 1.807) is 24.3 Å². The predicted octanol–water partition coefficient (Wildman–Crippen LogP) is 3.69. The molecule has 0 saturated carbocycles. The Morgan fingerprint density at radius 1 is 0.750 bits per heavy atom. The third kappa shape index (κ3) is 3.32. The molecule has 0 aliphatic heterocycles. The summed E-state index contributed by atoms with van der Waals surface area (Å²) in [5, 5.41) is 0. The van der Waals surface area contributed by atoms with E-state index in [0.717, 1.165) is 11.1 Å². The van der Waals surface area contributed by atoms with Crippen molar-refractivity contribution < 1.29 is 8.42 Å². The maximum absolute atomic E-state index is 12.4. The van der Waals surface area contributed by atoms with Gasteiger partial charge in [0.2, 0.25) is 0 Å². The maximum atomic E-state index is 12.4. The van der Waals surface area contributed by atoms with E-state index in [9.17, 15) is 8.42 Å². The highest BCUT2D eigenvalue weighted by molar-refractivity contribution is 8.08. The van der Waals surface area contributed by atoms with Gasteiger partial charge in [0.05, 0.1) is 21.6 Å². The lowest BCUT2D eigenvalue weighted by atomic mass is 10.2. The van der Waals surface area contributed by atoms with Crippen LogP contribution in [-0.4, -0.2) is 8.42 Å². The van der Waals surface area contributed by atoms with Crippen LogP contribution in [0.3, 0.4) is 0 Å². The van der Waals surface area contributed by atoms with Crippen molar-refractivity contribution in [1.29, 1.82) is 0 Å². The molecule has 4 heteroatoms. The van der Waals surface area contributed by atoms with Crippen LogP contribution in [0.2, 0.25) is 0 Å². The summed E-state index contributed by atoms with van der Waals surface area (Å²) in [6.07, 6.45) is 0. The third-order valence-corrected chi connectivity index (χ3v) is 6.02. The average Bonchev–Trinajstić information content (AvgIpc) is 2.46. The SMILES string of the molecule is C=C(S(=O)c1ccc(C)cc1)S(=O)c1ccc(C)cc1. The smallest absolute Gasteiger partial charge is 0.105 e. The summed E-state index contributed by atoms with van der Waals surface area (Å²) in [5.74, 6) is 0. The van der Waals surface area contributed by atoms with E-state index in [1.165, 1.54) is 0 Å². The van der Waals surface area contributed by atoms with E-state index in [2.05, 4.69) is 6.58 Å². The first-order valence-electron chi connectivity index (χ1n) is 6.15. The molecule has 0 aromatic heterocycles. The first kappa shape index (κ1) is 14.9. The minimum absolute atomic E-state index is 0.220. The molecule has 0 amide bonds. The molecule has 0 bridgehead atoms. The van der Waals surface area contributed by atoms with E-state index in [1.807, 2.05) is 38.1 Å². The molecule has 0 N–H and O–H groups in total. The lowest BCUT2D eigenvalue weighted by Crippen LogP contribution is -2.02. The van der Waals surface area contributed by atoms with E-state index in [4.69, 9.17) is 0 Å². The second-order valence-corrected chi connectivity index (χ2v) is 7.80. The Morgan fingerprint density at radius 3 is 1.35 bits per heavy atom. The minimum Gasteiger partial charge on any atom is -0.248 e. The van der Waals surface area contributed by atoms with E-state index >= 15 is 0 Å². The normalized spacial score (nSPS) is 13.7. The van der Waals surface area contributed by atoms with Gasteiger partial charge < -0.3 is 0 Å². The predicted molar refractivity (Wildman–Crippen MR) is 84.3 cm³/mol. The lowest BCUT2D eigenvalue weighted by Gasteiger charge is -2.07. The molecular formula is C16H16O2S2. The van der Waals surface area contributed by atoms with Gasteiger partial charge in [-0.2, -0.15) is 0 Å². The lowest BCUT2D eigenvalue weighted by molar-refractivity contribution is 0.683. The molecule has 0 fully saturated rings. The number of aryl methyl sites for hydroxylation is 2. The zero-order chi connectivity index (χ0) is 14.7. The van der Waals surface area contributed by atoms with Crippen molar-refractivity contribution in [2.24, 2.45) is 0 Å². The van der Waals surface area contributed by atoms with Crippen molar-refractivity contribution in [3.05, 3.63) is 70.5 Å². The van der Waals surface area contributed by atoms with Gasteiger partial charge >= 0.3 is 0 Å². The summed E-state index contributed by atoms with van der Waals surface area (Å²) < 4.78 is 24.9. The van der Waals surface area contributed by atoms with Gasteiger partial charge in [0.15, 0.2) is 0 Å². The Balaban J connectivity index is 2.22. The van der Waals surface area contributed by atoms with Crippen LogP contribution in [0.15, 0.2) is 69.1 Å². The zero-order valence-electron chi connectivity index (χ0n) is 11.5. The Labute approximate surface area is 124 Å². The summed E-state index contributed by atoms with van der Waals surface area (Å²) in [5.41, 5.74) is 2.19. The summed E-state index contributed by atoms with van der Waals surface area (Å²) in [6.45, 7) is 7.68. The molecule has 2 nitrogen and oxygen atoms in total. The largest absolute Gasteiger partial charge is 0.248 e. The molecule has 0 aliphatic rings. The highest BCUT2D eigenvalue weighted by atomic mass is 32.2. The van der Waals surface area contributed by atoms with E-state index in [0.29, 0.717) is 9.79 Å². The van der Waals surface area contributed by atoms with Crippen LogP contribution < -0.4 is 0 Å². The second kappa shape index (κ2) is 6.29. The molecule has 0 heterocycles. The molecule has 0 aliphatic carbocycles. The average molecular weight is 304 g/mol. The van der Waals surface area contributed by atoms with Crippen LogP contribution in [0, 0.1) is 13.8 Å². The number of benzene rings is 2. The van der Waals surface area contributed by atoms with Crippen molar-refractivity contribution in [3.63, 3.8) is 0 Å². The van der Waals surface area contributed by atoms with E-state index in [-0.39, 0.29) is 4.24 Å². The molecule has 0 spiro atoms. The van der Waals surface area contributed by atoms with Crippen molar-refractivity contribution >= 4 is 21.6 Å². The number of rotatable bonds is 4. The van der Waals surface area contributed by atoms with Crippen molar-refractivity contribution in [2.75, 3.05) is 0 Å². The molecule has 20 heavy (non-hydrogen) atoms. The van der Waals surface area contributed by atoms with Crippen LogP contribution in [0.5, 0.6) is 0 Å². The van der Waals surface area contributed by atoms with Gasteiger partial charge in [0.1, 0.15) is 4.24 Å². The fraction of sp³-hybridized carbons (Fsp3) is 0.125. The van der Waals surface area contributed by atoms with Gasteiger partial charge in [-0.1, -0.05) is 42.0 Å². The third-order valence-electron chi connectivity index (χ3n) is 2.88. The Bertz CT molecular complexity index is 611. The molecule has 2 aromatic carbocycles. The molecule has 2 unspecified atom stereocenters. The Kier molecular flexibility index (Phi) is 4.68. The highest BCUT2D eigenvalue weighted by Crippen LogP contribution is 2.21. The summed E-state index contributed by atoms with van der Waals surface area (Å²) >= 11 is 0. The van der Waals surface area contributed by atoms with Gasteiger partial charge in [0.25, 0.3) is 0 Å². The van der Waals surface area contributed by atoms with Gasteiger partial charge in [-0.15, -0.1) is 0 Å². The van der Waals surface area contributed by atoms with Gasteiger partial charge in [-0.05, 0) is 38.1 Å². The monoisotopic (exact) mass is 304 g/mol. The van der Waals surface area contributed by atoms with Crippen LogP contribution in [-0.2, 0) is 21.6 Å². The van der Waals surface area contributed by atoms with Crippen LogP contribution >= 0.6 is 0 Å². The van der Waals surface area contributed by atoms with E-state index < -0.39 is 21.6 Å². The number of hydrogen-bond acceptors (Lipinski definition) is 2. The van der Waals surface area contributed by atoms with Gasteiger partial charge in [0, 0.05) is 9.79 Å². The van der Waals surface area contributed by atoms with Gasteiger partial charge in [-0.25, -0.2) is 8.42 Å². The molecule has 104 valence electrons. The highest BCUT2D eigenvalue weighted by Gasteiger charge is 2.16. The van der Waals surface area contributed by atoms with Crippen LogP contribution in [0.25, 0.3) is 0 Å². The summed E-state index contributed by atoms with van der Waals surface area (Å²) in [4.78, 5) is 1.25. The first-order valence-corrected chi connectivity index (χ1v) is 8.45. The zero-order valence-corrected chi connectivity index (χ0v) is 13.1. The standard InChI is InChI=1S/C16H16O2S2/c1-12-4-8-15(9-5-12)19(17)14(3)20(18)16-10-6-13(2)7-11-16/h4-11H,3H2,1-2H3.